The number of Topliss-reactive ketones (excluding diaryl/α,β-unsaturated/α-hetero) is 1. The Hall–Kier alpha value is -2.33. The van der Waals surface area contributed by atoms with Crippen molar-refractivity contribution in [3.8, 4) is 11.5 Å². The topological polar surface area (TPSA) is 35.5 Å². The summed E-state index contributed by atoms with van der Waals surface area (Å²) in [4.78, 5) is 12.6. The van der Waals surface area contributed by atoms with Crippen LogP contribution in [0.3, 0.4) is 0 Å². The molecule has 1 aliphatic rings. The maximum Gasteiger partial charge on any atom is 0.231 e. The van der Waals surface area contributed by atoms with Gasteiger partial charge in [-0.2, -0.15) is 0 Å². The number of benzene rings is 2. The molecule has 0 aliphatic carbocycles. The molecule has 0 atom stereocenters. The number of hydrogen-bond donors (Lipinski definition) is 0. The summed E-state index contributed by atoms with van der Waals surface area (Å²) in [5, 5.41) is 0. The first kappa shape index (κ1) is 17.5. The summed E-state index contributed by atoms with van der Waals surface area (Å²) in [6.07, 6.45) is 3.77. The van der Waals surface area contributed by atoms with E-state index >= 15 is 0 Å². The second kappa shape index (κ2) is 7.28. The van der Waals surface area contributed by atoms with Gasteiger partial charge in [0.25, 0.3) is 0 Å². The van der Waals surface area contributed by atoms with E-state index in [1.54, 1.807) is 12.1 Å². The zero-order valence-corrected chi connectivity index (χ0v) is 16.0. The number of carbonyl (C=O) groups is 1. The average molecular weight is 399 g/mol. The van der Waals surface area contributed by atoms with Crippen LogP contribution in [-0.2, 0) is 0 Å². The smallest absolute Gasteiger partial charge is 0.231 e. The molecule has 128 valence electrons. The number of hydrogen-bond acceptors (Lipinski definition) is 3. The van der Waals surface area contributed by atoms with Gasteiger partial charge in [0.05, 0.1) is 5.56 Å². The van der Waals surface area contributed by atoms with E-state index in [0.717, 1.165) is 21.3 Å². The van der Waals surface area contributed by atoms with Gasteiger partial charge in [0.1, 0.15) is 18.1 Å². The van der Waals surface area contributed by atoms with E-state index in [9.17, 15) is 4.79 Å². The molecule has 0 radical (unpaired) electrons. The van der Waals surface area contributed by atoms with Gasteiger partial charge in [-0.15, -0.1) is 0 Å². The summed E-state index contributed by atoms with van der Waals surface area (Å²) in [6, 6.07) is 11.3. The molecule has 2 aromatic carbocycles. The molecule has 3 rings (SSSR count). The molecule has 0 saturated carbocycles. The van der Waals surface area contributed by atoms with Crippen molar-refractivity contribution in [2.75, 3.05) is 6.61 Å². The highest BCUT2D eigenvalue weighted by molar-refractivity contribution is 9.10. The van der Waals surface area contributed by atoms with Gasteiger partial charge in [0.15, 0.2) is 5.76 Å². The lowest BCUT2D eigenvalue weighted by Gasteiger charge is -2.10. The van der Waals surface area contributed by atoms with Crippen molar-refractivity contribution >= 4 is 27.8 Å². The molecule has 0 amide bonds. The Labute approximate surface area is 156 Å². The van der Waals surface area contributed by atoms with Gasteiger partial charge in [-0.25, -0.2) is 0 Å². The van der Waals surface area contributed by atoms with Crippen LogP contribution in [0.4, 0.5) is 0 Å². The van der Waals surface area contributed by atoms with E-state index in [0.29, 0.717) is 23.7 Å². The van der Waals surface area contributed by atoms with Gasteiger partial charge in [-0.3, -0.25) is 4.79 Å². The van der Waals surface area contributed by atoms with Crippen LogP contribution in [0.2, 0.25) is 0 Å². The molecule has 0 fully saturated rings. The minimum Gasteiger partial charge on any atom is -0.489 e. The van der Waals surface area contributed by atoms with Gasteiger partial charge in [-0.1, -0.05) is 33.6 Å². The number of rotatable bonds is 4. The minimum atomic E-state index is -0.103. The molecule has 3 nitrogen and oxygen atoms in total. The number of ketones is 1. The fourth-order valence-corrected chi connectivity index (χ4v) is 2.99. The van der Waals surface area contributed by atoms with Crippen molar-refractivity contribution in [2.45, 2.75) is 20.8 Å². The van der Waals surface area contributed by atoms with Crippen LogP contribution in [0.15, 0.2) is 58.3 Å². The van der Waals surface area contributed by atoms with Crippen LogP contribution >= 0.6 is 15.9 Å². The van der Waals surface area contributed by atoms with Crippen LogP contribution in [0, 0.1) is 6.92 Å². The lowest BCUT2D eigenvalue weighted by atomic mass is 10.1. The Morgan fingerprint density at radius 2 is 2.04 bits per heavy atom. The van der Waals surface area contributed by atoms with Crippen LogP contribution in [0.1, 0.15) is 35.3 Å². The molecule has 4 heteroatoms. The van der Waals surface area contributed by atoms with Crippen molar-refractivity contribution in [3.05, 3.63) is 75.0 Å². The standard InChI is InChI=1S/C21H19BrO3/c1-13(2)9-10-24-18-8-7-17-20(23)19(25-21(17)14(18)3)12-15-5-4-6-16(22)11-15/h4-9,11-12H,10H2,1-3H3/b19-12-. The fraction of sp³-hybridized carbons (Fsp3) is 0.190. The van der Waals surface area contributed by atoms with E-state index in [1.165, 1.54) is 5.57 Å². The van der Waals surface area contributed by atoms with Gasteiger partial charge in [-0.05, 0) is 62.8 Å². The molecule has 0 N–H and O–H groups in total. The molecule has 0 unspecified atom stereocenters. The number of fused-ring (bicyclic) bond motifs is 1. The lowest BCUT2D eigenvalue weighted by Crippen LogP contribution is -1.98. The van der Waals surface area contributed by atoms with Crippen molar-refractivity contribution in [1.29, 1.82) is 0 Å². The number of ether oxygens (including phenoxy) is 2. The zero-order valence-electron chi connectivity index (χ0n) is 14.4. The van der Waals surface area contributed by atoms with Gasteiger partial charge < -0.3 is 9.47 Å². The first-order valence-corrected chi connectivity index (χ1v) is 8.84. The lowest BCUT2D eigenvalue weighted by molar-refractivity contribution is 0.101. The summed E-state index contributed by atoms with van der Waals surface area (Å²) < 4.78 is 12.6. The molecular weight excluding hydrogens is 380 g/mol. The van der Waals surface area contributed by atoms with Crippen molar-refractivity contribution in [1.82, 2.24) is 0 Å². The average Bonchev–Trinajstić information content (AvgIpc) is 2.87. The Bertz CT molecular complexity index is 890. The number of carbonyl (C=O) groups excluding carboxylic acids is 1. The third kappa shape index (κ3) is 3.85. The highest BCUT2D eigenvalue weighted by atomic mass is 79.9. The molecule has 1 heterocycles. The second-order valence-electron chi connectivity index (χ2n) is 6.15. The molecule has 0 aromatic heterocycles. The Kier molecular flexibility index (Phi) is 5.09. The molecule has 2 aromatic rings. The van der Waals surface area contributed by atoms with Crippen LogP contribution in [-0.4, -0.2) is 12.4 Å². The number of halogens is 1. The summed E-state index contributed by atoms with van der Waals surface area (Å²) >= 11 is 3.43. The summed E-state index contributed by atoms with van der Waals surface area (Å²) in [6.45, 7) is 6.46. The summed E-state index contributed by atoms with van der Waals surface area (Å²) in [5.41, 5.74) is 3.52. The predicted molar refractivity (Wildman–Crippen MR) is 103 cm³/mol. The molecule has 0 saturated heterocycles. The highest BCUT2D eigenvalue weighted by Crippen LogP contribution is 2.39. The van der Waals surface area contributed by atoms with Crippen molar-refractivity contribution in [3.63, 3.8) is 0 Å². The SMILES string of the molecule is CC(C)=CCOc1ccc2c(c1C)O/C(=C\c1cccc(Br)c1)C2=O. The Morgan fingerprint density at radius 1 is 1.24 bits per heavy atom. The summed E-state index contributed by atoms with van der Waals surface area (Å²) in [5.74, 6) is 1.54. The predicted octanol–water partition coefficient (Wildman–Crippen LogP) is 5.72. The molecule has 0 bridgehead atoms. The molecule has 0 spiro atoms. The van der Waals surface area contributed by atoms with Gasteiger partial charge in [0, 0.05) is 10.0 Å². The Morgan fingerprint density at radius 3 is 2.76 bits per heavy atom. The van der Waals surface area contributed by atoms with Crippen LogP contribution < -0.4 is 9.47 Å². The maximum atomic E-state index is 12.6. The van der Waals surface area contributed by atoms with E-state index in [2.05, 4.69) is 15.9 Å². The van der Waals surface area contributed by atoms with E-state index in [1.807, 2.05) is 57.2 Å². The highest BCUT2D eigenvalue weighted by Gasteiger charge is 2.30. The Balaban J connectivity index is 1.88. The second-order valence-corrected chi connectivity index (χ2v) is 7.07. The maximum absolute atomic E-state index is 12.6. The van der Waals surface area contributed by atoms with Gasteiger partial charge >= 0.3 is 0 Å². The molecular formula is C21H19BrO3. The first-order valence-electron chi connectivity index (χ1n) is 8.05. The first-order chi connectivity index (χ1) is 12.0. The van der Waals surface area contributed by atoms with Gasteiger partial charge in [0.2, 0.25) is 5.78 Å². The minimum absolute atomic E-state index is 0.103. The van der Waals surface area contributed by atoms with Crippen molar-refractivity contribution < 1.29 is 14.3 Å². The van der Waals surface area contributed by atoms with E-state index < -0.39 is 0 Å². The largest absolute Gasteiger partial charge is 0.489 e. The third-order valence-electron chi connectivity index (χ3n) is 3.91. The van der Waals surface area contributed by atoms with Crippen molar-refractivity contribution in [2.24, 2.45) is 0 Å². The molecule has 1 aliphatic heterocycles. The normalized spacial score (nSPS) is 14.2. The zero-order chi connectivity index (χ0) is 18.0. The fourth-order valence-electron chi connectivity index (χ4n) is 2.57. The number of allylic oxidation sites excluding steroid dienone is 2. The monoisotopic (exact) mass is 398 g/mol. The van der Waals surface area contributed by atoms with Crippen LogP contribution in [0.25, 0.3) is 6.08 Å². The van der Waals surface area contributed by atoms with E-state index in [-0.39, 0.29) is 5.78 Å². The van der Waals surface area contributed by atoms with Crippen LogP contribution in [0.5, 0.6) is 11.5 Å². The third-order valence-corrected chi connectivity index (χ3v) is 4.41. The molecule has 25 heavy (non-hydrogen) atoms. The summed E-state index contributed by atoms with van der Waals surface area (Å²) in [7, 11) is 0. The quantitative estimate of drug-likeness (QED) is 0.487. The van der Waals surface area contributed by atoms with E-state index in [4.69, 9.17) is 9.47 Å².